The average Bonchev–Trinajstić information content (AvgIpc) is 2.44. The summed E-state index contributed by atoms with van der Waals surface area (Å²) in [4.78, 5) is 11.5. The number of ether oxygens (including phenoxy) is 1. The zero-order chi connectivity index (χ0) is 15.0. The van der Waals surface area contributed by atoms with E-state index in [2.05, 4.69) is 10.0 Å². The van der Waals surface area contributed by atoms with Gasteiger partial charge >= 0.3 is 0 Å². The summed E-state index contributed by atoms with van der Waals surface area (Å²) in [5.74, 6) is -0.528. The highest BCUT2D eigenvalue weighted by molar-refractivity contribution is 7.89. The van der Waals surface area contributed by atoms with Crippen molar-refractivity contribution in [2.75, 3.05) is 26.8 Å². The van der Waals surface area contributed by atoms with Crippen LogP contribution in [0, 0.1) is 0 Å². The van der Waals surface area contributed by atoms with E-state index in [1.807, 2.05) is 0 Å². The van der Waals surface area contributed by atoms with E-state index in [-0.39, 0.29) is 18.0 Å². The van der Waals surface area contributed by atoms with Crippen LogP contribution < -0.4 is 10.0 Å². The van der Waals surface area contributed by atoms with Gasteiger partial charge < -0.3 is 15.2 Å². The molecule has 0 saturated heterocycles. The van der Waals surface area contributed by atoms with Gasteiger partial charge in [-0.05, 0) is 12.1 Å². The number of amides is 1. The monoisotopic (exact) mass is 302 g/mol. The van der Waals surface area contributed by atoms with Crippen LogP contribution in [-0.4, -0.2) is 52.3 Å². The van der Waals surface area contributed by atoms with Crippen LogP contribution in [0.4, 0.5) is 0 Å². The molecule has 8 heteroatoms. The molecule has 1 atom stereocenters. The minimum absolute atomic E-state index is 0.000260. The van der Waals surface area contributed by atoms with Gasteiger partial charge in [0.05, 0.1) is 24.2 Å². The van der Waals surface area contributed by atoms with Crippen molar-refractivity contribution in [3.8, 4) is 0 Å². The molecule has 0 spiro atoms. The summed E-state index contributed by atoms with van der Waals surface area (Å²) >= 11 is 0. The van der Waals surface area contributed by atoms with Gasteiger partial charge in [-0.25, -0.2) is 13.1 Å². The number of aliphatic hydroxyl groups is 1. The minimum Gasteiger partial charge on any atom is -0.389 e. The van der Waals surface area contributed by atoms with E-state index >= 15 is 0 Å². The normalized spacial score (nSPS) is 12.9. The standard InChI is InChI=1S/C12H18N2O5S/c1-19-9-10(15)7-13-12(16)8-14-20(17,18)11-5-3-2-4-6-11/h2-6,10,14-15H,7-9H2,1H3,(H,13,16). The molecule has 112 valence electrons. The van der Waals surface area contributed by atoms with Crippen LogP contribution in [0.2, 0.25) is 0 Å². The Kier molecular flexibility index (Phi) is 6.59. The molecule has 0 bridgehead atoms. The molecule has 1 rings (SSSR count). The van der Waals surface area contributed by atoms with Crippen LogP contribution >= 0.6 is 0 Å². The molecule has 1 unspecified atom stereocenters. The second-order valence-corrected chi connectivity index (χ2v) is 5.82. The Morgan fingerprint density at radius 1 is 1.35 bits per heavy atom. The summed E-state index contributed by atoms with van der Waals surface area (Å²) in [5.41, 5.74) is 0. The quantitative estimate of drug-likeness (QED) is 0.576. The van der Waals surface area contributed by atoms with Crippen LogP contribution in [0.25, 0.3) is 0 Å². The van der Waals surface area contributed by atoms with Crippen LogP contribution in [0.5, 0.6) is 0 Å². The highest BCUT2D eigenvalue weighted by atomic mass is 32.2. The van der Waals surface area contributed by atoms with Crippen molar-refractivity contribution in [3.63, 3.8) is 0 Å². The van der Waals surface area contributed by atoms with Crippen molar-refractivity contribution in [2.24, 2.45) is 0 Å². The van der Waals surface area contributed by atoms with Gasteiger partial charge in [-0.2, -0.15) is 0 Å². The number of nitrogens with one attached hydrogen (secondary N) is 2. The van der Waals surface area contributed by atoms with E-state index in [9.17, 15) is 18.3 Å². The van der Waals surface area contributed by atoms with Crippen molar-refractivity contribution >= 4 is 15.9 Å². The topological polar surface area (TPSA) is 105 Å². The van der Waals surface area contributed by atoms with E-state index in [1.165, 1.54) is 19.2 Å². The van der Waals surface area contributed by atoms with Crippen LogP contribution in [0.3, 0.4) is 0 Å². The Bertz CT molecular complexity index is 518. The third-order valence-electron chi connectivity index (χ3n) is 2.37. The molecule has 1 aromatic rings. The summed E-state index contributed by atoms with van der Waals surface area (Å²) < 4.78 is 30.5. The molecular formula is C12H18N2O5S. The molecule has 20 heavy (non-hydrogen) atoms. The first kappa shape index (κ1) is 16.6. The molecule has 3 N–H and O–H groups in total. The molecule has 0 heterocycles. The van der Waals surface area contributed by atoms with E-state index in [0.717, 1.165) is 0 Å². The van der Waals surface area contributed by atoms with Gasteiger partial charge in [0.15, 0.2) is 0 Å². The molecule has 1 aromatic carbocycles. The molecule has 0 fully saturated rings. The van der Waals surface area contributed by atoms with E-state index in [0.29, 0.717) is 0 Å². The van der Waals surface area contributed by atoms with Gasteiger partial charge in [0.1, 0.15) is 0 Å². The maximum atomic E-state index is 11.8. The van der Waals surface area contributed by atoms with Gasteiger partial charge in [-0.15, -0.1) is 0 Å². The Balaban J connectivity index is 2.41. The van der Waals surface area contributed by atoms with Crippen molar-refractivity contribution in [3.05, 3.63) is 30.3 Å². The molecule has 0 aliphatic rings. The molecule has 0 radical (unpaired) electrons. The molecule has 0 aromatic heterocycles. The number of aliphatic hydroxyl groups excluding tert-OH is 1. The summed E-state index contributed by atoms with van der Waals surface area (Å²) in [6.07, 6.45) is -0.824. The summed E-state index contributed by atoms with van der Waals surface area (Å²) in [5, 5.41) is 11.7. The van der Waals surface area contributed by atoms with Gasteiger partial charge in [0.25, 0.3) is 0 Å². The first-order valence-corrected chi connectivity index (χ1v) is 7.42. The predicted octanol–water partition coefficient (Wildman–Crippen LogP) is -0.912. The molecule has 1 amide bonds. The Hall–Kier alpha value is -1.48. The Morgan fingerprint density at radius 2 is 2.00 bits per heavy atom. The maximum absolute atomic E-state index is 11.8. The molecule has 7 nitrogen and oxygen atoms in total. The molecule has 0 aliphatic heterocycles. The third kappa shape index (κ3) is 5.66. The molecular weight excluding hydrogens is 284 g/mol. The lowest BCUT2D eigenvalue weighted by Crippen LogP contribution is -2.40. The lowest BCUT2D eigenvalue weighted by Gasteiger charge is -2.11. The number of hydrogen-bond donors (Lipinski definition) is 3. The van der Waals surface area contributed by atoms with Gasteiger partial charge in [0, 0.05) is 13.7 Å². The first-order valence-electron chi connectivity index (χ1n) is 5.94. The number of methoxy groups -OCH3 is 1. The first-order chi connectivity index (χ1) is 9.45. The fourth-order valence-corrected chi connectivity index (χ4v) is 2.39. The molecule has 0 saturated carbocycles. The van der Waals surface area contributed by atoms with Gasteiger partial charge in [-0.1, -0.05) is 18.2 Å². The number of rotatable bonds is 8. The van der Waals surface area contributed by atoms with Crippen molar-refractivity contribution in [2.45, 2.75) is 11.0 Å². The number of carbonyl (C=O) groups excluding carboxylic acids is 1. The summed E-state index contributed by atoms with van der Waals surface area (Å²) in [6.45, 7) is -0.299. The lowest BCUT2D eigenvalue weighted by molar-refractivity contribution is -0.120. The smallest absolute Gasteiger partial charge is 0.241 e. The summed E-state index contributed by atoms with van der Waals surface area (Å²) in [7, 11) is -2.27. The van der Waals surface area contributed by atoms with Crippen LogP contribution in [0.1, 0.15) is 0 Å². The average molecular weight is 302 g/mol. The lowest BCUT2D eigenvalue weighted by atomic mass is 10.4. The zero-order valence-electron chi connectivity index (χ0n) is 11.1. The SMILES string of the molecule is COCC(O)CNC(=O)CNS(=O)(=O)c1ccccc1. The van der Waals surface area contributed by atoms with E-state index in [4.69, 9.17) is 4.74 Å². The van der Waals surface area contributed by atoms with Gasteiger partial charge in [0.2, 0.25) is 15.9 Å². The predicted molar refractivity (Wildman–Crippen MR) is 72.5 cm³/mol. The fraction of sp³-hybridized carbons (Fsp3) is 0.417. The number of benzene rings is 1. The fourth-order valence-electron chi connectivity index (χ4n) is 1.39. The Labute approximate surface area is 118 Å². The van der Waals surface area contributed by atoms with E-state index < -0.39 is 28.6 Å². The van der Waals surface area contributed by atoms with Crippen molar-refractivity contribution < 1.29 is 23.1 Å². The summed E-state index contributed by atoms with van der Waals surface area (Å²) in [6, 6.07) is 7.75. The largest absolute Gasteiger partial charge is 0.389 e. The number of carbonyl (C=O) groups is 1. The molecule has 0 aliphatic carbocycles. The highest BCUT2D eigenvalue weighted by Gasteiger charge is 2.15. The highest BCUT2D eigenvalue weighted by Crippen LogP contribution is 2.06. The number of hydrogen-bond acceptors (Lipinski definition) is 5. The zero-order valence-corrected chi connectivity index (χ0v) is 11.9. The second-order valence-electron chi connectivity index (χ2n) is 4.05. The third-order valence-corrected chi connectivity index (χ3v) is 3.79. The van der Waals surface area contributed by atoms with Crippen LogP contribution in [-0.2, 0) is 19.6 Å². The van der Waals surface area contributed by atoms with Crippen LogP contribution in [0.15, 0.2) is 35.2 Å². The number of sulfonamides is 1. The van der Waals surface area contributed by atoms with Gasteiger partial charge in [-0.3, -0.25) is 4.79 Å². The van der Waals surface area contributed by atoms with E-state index in [1.54, 1.807) is 18.2 Å². The minimum atomic E-state index is -3.70. The van der Waals surface area contributed by atoms with Crippen molar-refractivity contribution in [1.29, 1.82) is 0 Å². The Morgan fingerprint density at radius 3 is 2.60 bits per heavy atom. The maximum Gasteiger partial charge on any atom is 0.241 e. The second kappa shape index (κ2) is 7.95. The van der Waals surface area contributed by atoms with Crippen molar-refractivity contribution in [1.82, 2.24) is 10.0 Å².